The van der Waals surface area contributed by atoms with Crippen LogP contribution in [0.2, 0.25) is 5.02 Å². The van der Waals surface area contributed by atoms with E-state index in [0.29, 0.717) is 6.42 Å². The average molecular weight is 198 g/mol. The molecule has 0 aliphatic heterocycles. The zero-order chi connectivity index (χ0) is 9.84. The summed E-state index contributed by atoms with van der Waals surface area (Å²) in [5.74, 6) is 1.99. The van der Waals surface area contributed by atoms with Gasteiger partial charge in [-0.2, -0.15) is 0 Å². The Morgan fingerprint density at radius 3 is 2.85 bits per heavy atom. The molecule has 0 saturated heterocycles. The molecule has 3 heteroatoms. The van der Waals surface area contributed by atoms with Gasteiger partial charge in [0.05, 0.1) is 5.02 Å². The Kier molecular flexibility index (Phi) is 3.30. The number of terminal acetylenes is 1. The summed E-state index contributed by atoms with van der Waals surface area (Å²) in [6.07, 6.45) is 5.52. The maximum absolute atomic E-state index is 12.7. The van der Waals surface area contributed by atoms with E-state index in [1.807, 2.05) is 0 Å². The van der Waals surface area contributed by atoms with Crippen molar-refractivity contribution in [2.24, 2.45) is 5.73 Å². The second-order valence-corrected chi connectivity index (χ2v) is 3.10. The van der Waals surface area contributed by atoms with E-state index in [4.69, 9.17) is 23.8 Å². The number of hydrogen-bond donors (Lipinski definition) is 1. The van der Waals surface area contributed by atoms with Crippen LogP contribution in [0.1, 0.15) is 18.0 Å². The molecule has 0 spiro atoms. The lowest BCUT2D eigenvalue weighted by Gasteiger charge is -2.08. The highest BCUT2D eigenvalue weighted by molar-refractivity contribution is 6.30. The highest BCUT2D eigenvalue weighted by atomic mass is 35.5. The van der Waals surface area contributed by atoms with Crippen molar-refractivity contribution in [2.75, 3.05) is 0 Å². The molecule has 0 radical (unpaired) electrons. The predicted molar refractivity (Wildman–Crippen MR) is 51.8 cm³/mol. The maximum atomic E-state index is 12.7. The second-order valence-electron chi connectivity index (χ2n) is 2.69. The van der Waals surface area contributed by atoms with Crippen molar-refractivity contribution in [3.63, 3.8) is 0 Å². The molecule has 0 bridgehead atoms. The van der Waals surface area contributed by atoms with E-state index in [2.05, 4.69) is 5.92 Å². The third kappa shape index (κ3) is 2.45. The summed E-state index contributed by atoms with van der Waals surface area (Å²) in [4.78, 5) is 0. The van der Waals surface area contributed by atoms with Gasteiger partial charge in [-0.25, -0.2) is 4.39 Å². The van der Waals surface area contributed by atoms with Crippen LogP contribution in [-0.4, -0.2) is 0 Å². The van der Waals surface area contributed by atoms with E-state index >= 15 is 0 Å². The number of benzene rings is 1. The van der Waals surface area contributed by atoms with Crippen LogP contribution in [0.15, 0.2) is 18.2 Å². The summed E-state index contributed by atoms with van der Waals surface area (Å²) >= 11 is 5.58. The summed E-state index contributed by atoms with van der Waals surface area (Å²) in [6.45, 7) is 0. The Hall–Kier alpha value is -1.04. The first-order chi connectivity index (χ1) is 6.15. The van der Waals surface area contributed by atoms with Gasteiger partial charge >= 0.3 is 0 Å². The van der Waals surface area contributed by atoms with Gasteiger partial charge in [0.15, 0.2) is 0 Å². The van der Waals surface area contributed by atoms with Crippen LogP contribution in [-0.2, 0) is 0 Å². The fraction of sp³-hybridized carbons (Fsp3) is 0.200. The lowest BCUT2D eigenvalue weighted by atomic mass is 10.1. The Bertz CT molecular complexity index is 343. The standard InChI is InChI=1S/C10H9ClFN/c1-2-3-10(13)7-4-5-9(12)8(11)6-7/h1,4-6,10H,3,13H2. The minimum atomic E-state index is -0.446. The Balaban J connectivity index is 2.91. The van der Waals surface area contributed by atoms with E-state index in [0.717, 1.165) is 5.56 Å². The molecule has 2 N–H and O–H groups in total. The van der Waals surface area contributed by atoms with Gasteiger partial charge in [0, 0.05) is 12.5 Å². The summed E-state index contributed by atoms with van der Waals surface area (Å²) in [6, 6.07) is 4.10. The highest BCUT2D eigenvalue weighted by Gasteiger charge is 2.06. The molecular weight excluding hydrogens is 189 g/mol. The molecule has 1 atom stereocenters. The van der Waals surface area contributed by atoms with Crippen LogP contribution in [0.25, 0.3) is 0 Å². The molecule has 1 unspecified atom stereocenters. The van der Waals surface area contributed by atoms with Gasteiger partial charge in [-0.1, -0.05) is 17.7 Å². The molecular formula is C10H9ClFN. The smallest absolute Gasteiger partial charge is 0.141 e. The van der Waals surface area contributed by atoms with Gasteiger partial charge in [0.25, 0.3) is 0 Å². The van der Waals surface area contributed by atoms with Crippen molar-refractivity contribution in [3.05, 3.63) is 34.6 Å². The van der Waals surface area contributed by atoms with Crippen LogP contribution in [0, 0.1) is 18.2 Å². The largest absolute Gasteiger partial charge is 0.323 e. The summed E-state index contributed by atoms with van der Waals surface area (Å²) in [5.41, 5.74) is 6.45. The van der Waals surface area contributed by atoms with Gasteiger partial charge < -0.3 is 5.73 Å². The lowest BCUT2D eigenvalue weighted by Crippen LogP contribution is -2.09. The van der Waals surface area contributed by atoms with Gasteiger partial charge in [-0.05, 0) is 17.7 Å². The molecule has 0 aliphatic rings. The highest BCUT2D eigenvalue weighted by Crippen LogP contribution is 2.20. The van der Waals surface area contributed by atoms with Crippen LogP contribution >= 0.6 is 11.6 Å². The van der Waals surface area contributed by atoms with Gasteiger partial charge in [-0.15, -0.1) is 12.3 Å². The van der Waals surface area contributed by atoms with Crippen molar-refractivity contribution in [1.82, 2.24) is 0 Å². The quantitative estimate of drug-likeness (QED) is 0.725. The van der Waals surface area contributed by atoms with E-state index in [-0.39, 0.29) is 11.1 Å². The zero-order valence-electron chi connectivity index (χ0n) is 6.93. The van der Waals surface area contributed by atoms with Gasteiger partial charge in [0.1, 0.15) is 5.82 Å². The average Bonchev–Trinajstić information content (AvgIpc) is 2.10. The van der Waals surface area contributed by atoms with Gasteiger partial charge in [0.2, 0.25) is 0 Å². The van der Waals surface area contributed by atoms with Crippen LogP contribution in [0.3, 0.4) is 0 Å². The number of halogens is 2. The van der Waals surface area contributed by atoms with Crippen molar-refractivity contribution in [3.8, 4) is 12.3 Å². The Morgan fingerprint density at radius 2 is 2.31 bits per heavy atom. The molecule has 0 fully saturated rings. The first-order valence-electron chi connectivity index (χ1n) is 3.79. The van der Waals surface area contributed by atoms with Crippen LogP contribution < -0.4 is 5.73 Å². The first kappa shape index (κ1) is 10.0. The Morgan fingerprint density at radius 1 is 1.62 bits per heavy atom. The molecule has 1 rings (SSSR count). The first-order valence-corrected chi connectivity index (χ1v) is 4.17. The normalized spacial score (nSPS) is 12.2. The summed E-state index contributed by atoms with van der Waals surface area (Å²) in [7, 11) is 0. The van der Waals surface area contributed by atoms with Crippen molar-refractivity contribution < 1.29 is 4.39 Å². The van der Waals surface area contributed by atoms with Crippen LogP contribution in [0.4, 0.5) is 4.39 Å². The lowest BCUT2D eigenvalue weighted by molar-refractivity contribution is 0.625. The molecule has 0 heterocycles. The van der Waals surface area contributed by atoms with Gasteiger partial charge in [-0.3, -0.25) is 0 Å². The molecule has 0 amide bonds. The Labute approximate surface area is 81.7 Å². The third-order valence-electron chi connectivity index (χ3n) is 1.71. The predicted octanol–water partition coefficient (Wildman–Crippen LogP) is 2.50. The molecule has 1 aromatic rings. The molecule has 1 nitrogen and oxygen atoms in total. The molecule has 13 heavy (non-hydrogen) atoms. The number of hydrogen-bond acceptors (Lipinski definition) is 1. The second kappa shape index (κ2) is 4.27. The maximum Gasteiger partial charge on any atom is 0.141 e. The van der Waals surface area contributed by atoms with E-state index in [1.165, 1.54) is 12.1 Å². The number of nitrogens with two attached hydrogens (primary N) is 1. The van der Waals surface area contributed by atoms with Crippen molar-refractivity contribution >= 4 is 11.6 Å². The van der Waals surface area contributed by atoms with E-state index in [1.54, 1.807) is 6.07 Å². The minimum absolute atomic E-state index is 0.0740. The molecule has 0 aliphatic carbocycles. The van der Waals surface area contributed by atoms with Crippen molar-refractivity contribution in [2.45, 2.75) is 12.5 Å². The fourth-order valence-electron chi connectivity index (χ4n) is 0.988. The molecule has 1 aromatic carbocycles. The SMILES string of the molecule is C#CCC(N)c1ccc(F)c(Cl)c1. The van der Waals surface area contributed by atoms with Crippen LogP contribution in [0.5, 0.6) is 0 Å². The fourth-order valence-corrected chi connectivity index (χ4v) is 1.18. The third-order valence-corrected chi connectivity index (χ3v) is 2.00. The van der Waals surface area contributed by atoms with Crippen molar-refractivity contribution in [1.29, 1.82) is 0 Å². The molecule has 0 saturated carbocycles. The summed E-state index contributed by atoms with van der Waals surface area (Å²) < 4.78 is 12.7. The molecule has 0 aromatic heterocycles. The monoisotopic (exact) mass is 197 g/mol. The molecule has 68 valence electrons. The minimum Gasteiger partial charge on any atom is -0.323 e. The number of rotatable bonds is 2. The van der Waals surface area contributed by atoms with E-state index < -0.39 is 5.82 Å². The van der Waals surface area contributed by atoms with E-state index in [9.17, 15) is 4.39 Å². The topological polar surface area (TPSA) is 26.0 Å². The summed E-state index contributed by atoms with van der Waals surface area (Å²) in [5, 5.41) is 0.0740. The zero-order valence-corrected chi connectivity index (χ0v) is 7.68.